The predicted molar refractivity (Wildman–Crippen MR) is 101 cm³/mol. The number of nitrogens with zero attached hydrogens (tertiary/aromatic N) is 2. The van der Waals surface area contributed by atoms with Gasteiger partial charge in [-0.25, -0.2) is 14.9 Å². The van der Waals surface area contributed by atoms with Crippen molar-refractivity contribution in [1.82, 2.24) is 14.9 Å². The maximum atomic E-state index is 6.51. The molecule has 8 heteroatoms. The predicted octanol–water partition coefficient (Wildman–Crippen LogP) is 1.51. The molecule has 1 aromatic rings. The first kappa shape index (κ1) is 17.3. The minimum Gasteiger partial charge on any atom is -0.493 e. The SMILES string of the molecule is COc1ccccc1NC(=[N+]=C1NCCS1)N1C(C)COCC1Cl. The second-order valence-electron chi connectivity index (χ2n) is 5.57. The summed E-state index contributed by atoms with van der Waals surface area (Å²) in [5.41, 5.74) is 0.576. The fraction of sp³-hybridized carbons (Fsp3) is 0.500. The number of alkyl halides is 1. The van der Waals surface area contributed by atoms with Gasteiger partial charge >= 0.3 is 11.1 Å². The van der Waals surface area contributed by atoms with E-state index in [1.165, 1.54) is 0 Å². The molecular formula is C16H22ClN4O2S+. The van der Waals surface area contributed by atoms with Crippen LogP contribution >= 0.6 is 23.4 Å². The molecule has 2 aliphatic heterocycles. The first-order valence-electron chi connectivity index (χ1n) is 7.91. The Bertz CT molecular complexity index is 633. The van der Waals surface area contributed by atoms with Crippen LogP contribution in [0.15, 0.2) is 24.3 Å². The van der Waals surface area contributed by atoms with Crippen LogP contribution in [0.1, 0.15) is 6.92 Å². The number of guanidine groups is 1. The normalized spacial score (nSPS) is 23.5. The number of morpholine rings is 1. The van der Waals surface area contributed by atoms with Crippen LogP contribution in [0.5, 0.6) is 5.75 Å². The maximum Gasteiger partial charge on any atom is 0.404 e. The lowest BCUT2D eigenvalue weighted by molar-refractivity contribution is 0.0192. The third kappa shape index (κ3) is 3.92. The summed E-state index contributed by atoms with van der Waals surface area (Å²) in [6, 6.07) is 7.89. The third-order valence-corrected chi connectivity index (χ3v) is 5.07. The van der Waals surface area contributed by atoms with E-state index in [0.717, 1.165) is 28.9 Å². The van der Waals surface area contributed by atoms with Crippen molar-refractivity contribution in [2.75, 3.05) is 37.9 Å². The third-order valence-electron chi connectivity index (χ3n) is 3.81. The molecule has 2 heterocycles. The molecule has 0 aromatic heterocycles. The zero-order valence-electron chi connectivity index (χ0n) is 13.8. The van der Waals surface area contributed by atoms with Gasteiger partial charge in [0.2, 0.25) is 0 Å². The summed E-state index contributed by atoms with van der Waals surface area (Å²) < 4.78 is 15.7. The van der Waals surface area contributed by atoms with Gasteiger partial charge in [0, 0.05) is 5.75 Å². The van der Waals surface area contributed by atoms with Crippen molar-refractivity contribution in [3.8, 4) is 5.75 Å². The molecule has 1 aromatic carbocycles. The summed E-state index contributed by atoms with van der Waals surface area (Å²) in [4.78, 5) is 2.06. The minimum atomic E-state index is -0.276. The number of para-hydroxylation sites is 2. The van der Waals surface area contributed by atoms with E-state index in [1.54, 1.807) is 18.9 Å². The van der Waals surface area contributed by atoms with E-state index in [2.05, 4.69) is 22.5 Å². The molecule has 0 aliphatic carbocycles. The number of hydrogen-bond acceptors (Lipinski definition) is 3. The van der Waals surface area contributed by atoms with E-state index in [4.69, 9.17) is 25.7 Å². The smallest absolute Gasteiger partial charge is 0.404 e. The first-order valence-corrected chi connectivity index (χ1v) is 9.33. The van der Waals surface area contributed by atoms with Gasteiger partial charge < -0.3 is 14.8 Å². The van der Waals surface area contributed by atoms with Gasteiger partial charge in [-0.3, -0.25) is 0 Å². The zero-order valence-corrected chi connectivity index (χ0v) is 15.4. The zero-order chi connectivity index (χ0) is 16.9. The van der Waals surface area contributed by atoms with E-state index in [9.17, 15) is 0 Å². The van der Waals surface area contributed by atoms with Crippen molar-refractivity contribution < 1.29 is 9.47 Å². The van der Waals surface area contributed by atoms with Gasteiger partial charge in [-0.2, -0.15) is 0 Å². The molecule has 2 saturated heterocycles. The Morgan fingerprint density at radius 2 is 2.29 bits per heavy atom. The lowest BCUT2D eigenvalue weighted by Gasteiger charge is -2.33. The average Bonchev–Trinajstić information content (AvgIpc) is 3.08. The second kappa shape index (κ2) is 8.03. The van der Waals surface area contributed by atoms with E-state index >= 15 is 0 Å². The van der Waals surface area contributed by atoms with Crippen molar-refractivity contribution in [2.24, 2.45) is 0 Å². The molecule has 2 fully saturated rings. The fourth-order valence-electron chi connectivity index (χ4n) is 2.66. The summed E-state index contributed by atoms with van der Waals surface area (Å²) in [5.74, 6) is 2.48. The highest BCUT2D eigenvalue weighted by Gasteiger charge is 2.36. The number of hydrogen-bond donors (Lipinski definition) is 2. The largest absolute Gasteiger partial charge is 0.493 e. The monoisotopic (exact) mass is 369 g/mol. The molecule has 0 saturated carbocycles. The minimum absolute atomic E-state index is 0.120. The number of nitrogens with one attached hydrogen (secondary N) is 2. The van der Waals surface area contributed by atoms with Crippen LogP contribution in [0.4, 0.5) is 5.69 Å². The second-order valence-corrected chi connectivity index (χ2v) is 7.16. The Balaban J connectivity index is 1.98. The molecule has 2 aliphatic rings. The van der Waals surface area contributed by atoms with Gasteiger partial charge in [-0.1, -0.05) is 23.7 Å². The number of halogens is 1. The maximum absolute atomic E-state index is 6.51. The van der Waals surface area contributed by atoms with Crippen molar-refractivity contribution in [1.29, 1.82) is 0 Å². The van der Waals surface area contributed by atoms with Crippen LogP contribution in [0.25, 0.3) is 0 Å². The van der Waals surface area contributed by atoms with E-state index in [0.29, 0.717) is 19.2 Å². The molecular weight excluding hydrogens is 348 g/mol. The molecule has 0 radical (unpaired) electrons. The first-order chi connectivity index (χ1) is 11.7. The van der Waals surface area contributed by atoms with Crippen LogP contribution in [0.2, 0.25) is 0 Å². The summed E-state index contributed by atoms with van der Waals surface area (Å²) in [7, 11) is 1.65. The molecule has 24 heavy (non-hydrogen) atoms. The number of anilines is 1. The van der Waals surface area contributed by atoms with Crippen LogP contribution in [-0.4, -0.2) is 60.2 Å². The lowest BCUT2D eigenvalue weighted by atomic mass is 10.2. The van der Waals surface area contributed by atoms with Gasteiger partial charge in [-0.05, 0) is 30.8 Å². The van der Waals surface area contributed by atoms with E-state index in [1.807, 2.05) is 24.3 Å². The lowest BCUT2D eigenvalue weighted by Crippen LogP contribution is -2.54. The van der Waals surface area contributed by atoms with Gasteiger partial charge in [0.05, 0.1) is 32.9 Å². The van der Waals surface area contributed by atoms with Gasteiger partial charge in [0.15, 0.2) is 11.3 Å². The highest BCUT2D eigenvalue weighted by Crippen LogP contribution is 2.25. The fourth-order valence-corrected chi connectivity index (χ4v) is 3.78. The highest BCUT2D eigenvalue weighted by atomic mass is 35.5. The van der Waals surface area contributed by atoms with Gasteiger partial charge in [-0.15, -0.1) is 0 Å². The molecule has 0 bridgehead atoms. The molecule has 0 spiro atoms. The summed E-state index contributed by atoms with van der Waals surface area (Å²) in [6.07, 6.45) is 0. The van der Waals surface area contributed by atoms with Crippen LogP contribution < -0.4 is 20.0 Å². The quantitative estimate of drug-likeness (QED) is 0.271. The van der Waals surface area contributed by atoms with E-state index < -0.39 is 0 Å². The number of ether oxygens (including phenoxy) is 2. The highest BCUT2D eigenvalue weighted by molar-refractivity contribution is 8.14. The van der Waals surface area contributed by atoms with Crippen LogP contribution in [-0.2, 0) is 4.74 Å². The summed E-state index contributed by atoms with van der Waals surface area (Å²) >= 11 is 8.21. The van der Waals surface area contributed by atoms with Crippen molar-refractivity contribution in [3.05, 3.63) is 24.3 Å². The number of thioether (sulfide) groups is 1. The van der Waals surface area contributed by atoms with Crippen LogP contribution in [0.3, 0.4) is 0 Å². The number of rotatable bonds is 2. The Kier molecular flexibility index (Phi) is 5.79. The molecule has 2 atom stereocenters. The Hall–Kier alpha value is -1.53. The van der Waals surface area contributed by atoms with Crippen LogP contribution in [0, 0.1) is 0 Å². The van der Waals surface area contributed by atoms with E-state index in [-0.39, 0.29) is 11.5 Å². The Morgan fingerprint density at radius 1 is 1.46 bits per heavy atom. The Labute approximate surface area is 151 Å². The molecule has 3 rings (SSSR count). The average molecular weight is 370 g/mol. The number of benzene rings is 1. The molecule has 2 N–H and O–H groups in total. The summed E-state index contributed by atoms with van der Waals surface area (Å²) in [5, 5.41) is 7.58. The summed E-state index contributed by atoms with van der Waals surface area (Å²) in [6.45, 7) is 4.09. The van der Waals surface area contributed by atoms with Gasteiger partial charge in [0.1, 0.15) is 5.69 Å². The molecule has 6 nitrogen and oxygen atoms in total. The molecule has 0 amide bonds. The Morgan fingerprint density at radius 3 is 3.00 bits per heavy atom. The number of methoxy groups -OCH3 is 1. The molecule has 130 valence electrons. The topological polar surface area (TPSA) is 59.9 Å². The van der Waals surface area contributed by atoms with Crippen molar-refractivity contribution >= 4 is 40.2 Å². The molecule has 2 unspecified atom stereocenters. The van der Waals surface area contributed by atoms with Crippen molar-refractivity contribution in [2.45, 2.75) is 18.5 Å². The standard InChI is InChI=1S/C16H21ClN4O2S/c1-11-9-23-10-14(17)21(11)15(20-16-18-7-8-24-16)19-12-5-3-4-6-13(12)22-2/h3-6,11,14H,7-10H2,1-2H3,(H,18,19,20)/p+1. The number of amidine groups is 1. The van der Waals surface area contributed by atoms with Gasteiger partial charge in [0.25, 0.3) is 0 Å². The van der Waals surface area contributed by atoms with Crippen molar-refractivity contribution in [3.63, 3.8) is 0 Å².